The molecule has 0 saturated carbocycles. The second-order valence-electron chi connectivity index (χ2n) is 5.37. The molecule has 0 atom stereocenters. The minimum Gasteiger partial charge on any atom is -0.343 e. The minimum absolute atomic E-state index is 0.0149. The van der Waals surface area contributed by atoms with Crippen LogP contribution in [0.3, 0.4) is 0 Å². The van der Waals surface area contributed by atoms with Crippen LogP contribution in [0.4, 0.5) is 5.69 Å². The van der Waals surface area contributed by atoms with Crippen LogP contribution in [0, 0.1) is 10.1 Å². The normalized spacial score (nSPS) is 14.9. The molecule has 1 aliphatic heterocycles. The predicted molar refractivity (Wildman–Crippen MR) is 85.5 cm³/mol. The summed E-state index contributed by atoms with van der Waals surface area (Å²) in [5.74, 6) is -0.902. The van der Waals surface area contributed by atoms with E-state index in [9.17, 15) is 19.7 Å². The number of halogens is 1. The quantitative estimate of drug-likeness (QED) is 0.673. The number of carbonyl (C=O) groups is 2. The van der Waals surface area contributed by atoms with Crippen LogP contribution in [-0.4, -0.2) is 41.3 Å². The predicted octanol–water partition coefficient (Wildman–Crippen LogP) is 2.38. The van der Waals surface area contributed by atoms with Gasteiger partial charge in [-0.3, -0.25) is 19.7 Å². The molecule has 0 spiro atoms. The van der Waals surface area contributed by atoms with E-state index in [1.807, 2.05) is 0 Å². The van der Waals surface area contributed by atoms with E-state index < -0.39 is 10.8 Å². The monoisotopic (exact) mass is 339 g/mol. The Hall–Kier alpha value is -2.15. The highest BCUT2D eigenvalue weighted by molar-refractivity contribution is 6.34. The van der Waals surface area contributed by atoms with E-state index >= 15 is 0 Å². The van der Waals surface area contributed by atoms with Crippen LogP contribution in [0.15, 0.2) is 18.2 Å². The van der Waals surface area contributed by atoms with Gasteiger partial charge in [-0.1, -0.05) is 30.5 Å². The highest BCUT2D eigenvalue weighted by Gasteiger charge is 2.24. The lowest BCUT2D eigenvalue weighted by atomic mass is 10.1. The van der Waals surface area contributed by atoms with E-state index in [-0.39, 0.29) is 28.7 Å². The van der Waals surface area contributed by atoms with E-state index in [0.717, 1.165) is 25.7 Å². The maximum absolute atomic E-state index is 12.2. The number of nitro groups is 1. The number of carbonyl (C=O) groups excluding carboxylic acids is 2. The zero-order chi connectivity index (χ0) is 16.8. The van der Waals surface area contributed by atoms with Crippen molar-refractivity contribution in [3.05, 3.63) is 38.9 Å². The summed E-state index contributed by atoms with van der Waals surface area (Å²) in [6.07, 6.45) is 4.11. The van der Waals surface area contributed by atoms with Crippen LogP contribution in [0.5, 0.6) is 0 Å². The zero-order valence-electron chi connectivity index (χ0n) is 12.6. The Labute approximate surface area is 138 Å². The molecule has 124 valence electrons. The molecule has 1 N–H and O–H groups in total. The molecule has 1 aromatic carbocycles. The van der Waals surface area contributed by atoms with E-state index in [4.69, 9.17) is 11.6 Å². The first-order valence-corrected chi connectivity index (χ1v) is 7.87. The van der Waals surface area contributed by atoms with Crippen LogP contribution in [0.25, 0.3) is 0 Å². The Morgan fingerprint density at radius 2 is 1.87 bits per heavy atom. The lowest BCUT2D eigenvalue weighted by Crippen LogP contribution is -2.40. The largest absolute Gasteiger partial charge is 0.343 e. The van der Waals surface area contributed by atoms with Gasteiger partial charge in [0.15, 0.2) is 0 Å². The average Bonchev–Trinajstić information content (AvgIpc) is 2.81. The summed E-state index contributed by atoms with van der Waals surface area (Å²) in [5, 5.41) is 13.4. The highest BCUT2D eigenvalue weighted by Crippen LogP contribution is 2.25. The van der Waals surface area contributed by atoms with Gasteiger partial charge in [0.25, 0.3) is 11.6 Å². The number of nitrogens with one attached hydrogen (secondary N) is 1. The van der Waals surface area contributed by atoms with Crippen molar-refractivity contribution in [2.24, 2.45) is 0 Å². The smallest absolute Gasteiger partial charge is 0.283 e. The first kappa shape index (κ1) is 17.2. The SMILES string of the molecule is O=C(NCC(=O)N1CCCCCC1)c1c(Cl)cccc1[N+](=O)[O-]. The summed E-state index contributed by atoms with van der Waals surface area (Å²) in [6, 6.07) is 4.01. The molecule has 0 aromatic heterocycles. The first-order valence-electron chi connectivity index (χ1n) is 7.49. The van der Waals surface area contributed by atoms with Crippen molar-refractivity contribution in [2.75, 3.05) is 19.6 Å². The van der Waals surface area contributed by atoms with Gasteiger partial charge in [-0.2, -0.15) is 0 Å². The van der Waals surface area contributed by atoms with Crippen molar-refractivity contribution in [1.29, 1.82) is 0 Å². The van der Waals surface area contributed by atoms with Gasteiger partial charge in [-0.15, -0.1) is 0 Å². The minimum atomic E-state index is -0.717. The third kappa shape index (κ3) is 4.41. The number of amides is 2. The number of hydrogen-bond acceptors (Lipinski definition) is 4. The van der Waals surface area contributed by atoms with Crippen molar-refractivity contribution in [3.63, 3.8) is 0 Å². The van der Waals surface area contributed by atoms with Crippen molar-refractivity contribution in [3.8, 4) is 0 Å². The molecule has 1 saturated heterocycles. The Balaban J connectivity index is 2.02. The molecule has 1 aliphatic rings. The number of benzene rings is 1. The molecule has 0 radical (unpaired) electrons. The summed E-state index contributed by atoms with van der Waals surface area (Å²) in [7, 11) is 0. The van der Waals surface area contributed by atoms with Crippen molar-refractivity contribution in [2.45, 2.75) is 25.7 Å². The van der Waals surface area contributed by atoms with Crippen molar-refractivity contribution < 1.29 is 14.5 Å². The summed E-state index contributed by atoms with van der Waals surface area (Å²) >= 11 is 5.89. The van der Waals surface area contributed by atoms with Crippen LogP contribution in [-0.2, 0) is 4.79 Å². The molecular formula is C15H18ClN3O4. The van der Waals surface area contributed by atoms with Gasteiger partial charge in [0, 0.05) is 19.2 Å². The molecule has 2 amide bonds. The standard InChI is InChI=1S/C15H18ClN3O4/c16-11-6-5-7-12(19(22)23)14(11)15(21)17-10-13(20)18-8-3-1-2-4-9-18/h5-7H,1-4,8-10H2,(H,17,21). The van der Waals surface area contributed by atoms with Gasteiger partial charge in [0.1, 0.15) is 5.56 Å². The summed E-state index contributed by atoms with van der Waals surface area (Å²) in [5.41, 5.74) is -0.597. The van der Waals surface area contributed by atoms with Gasteiger partial charge in [-0.25, -0.2) is 0 Å². The Morgan fingerprint density at radius 1 is 1.22 bits per heavy atom. The molecule has 2 rings (SSSR count). The molecule has 8 heteroatoms. The van der Waals surface area contributed by atoms with Gasteiger partial charge < -0.3 is 10.2 Å². The van der Waals surface area contributed by atoms with Crippen molar-refractivity contribution in [1.82, 2.24) is 10.2 Å². The Morgan fingerprint density at radius 3 is 2.48 bits per heavy atom. The van der Waals surface area contributed by atoms with Crippen LogP contribution >= 0.6 is 11.6 Å². The molecular weight excluding hydrogens is 322 g/mol. The molecule has 23 heavy (non-hydrogen) atoms. The number of rotatable bonds is 4. The molecule has 1 heterocycles. The van der Waals surface area contributed by atoms with Gasteiger partial charge >= 0.3 is 0 Å². The third-order valence-corrected chi connectivity index (χ3v) is 4.09. The summed E-state index contributed by atoms with van der Waals surface area (Å²) in [4.78, 5) is 36.4. The van der Waals surface area contributed by atoms with Crippen LogP contribution < -0.4 is 5.32 Å². The fourth-order valence-corrected chi connectivity index (χ4v) is 2.82. The molecule has 1 aromatic rings. The maximum Gasteiger partial charge on any atom is 0.283 e. The second-order valence-corrected chi connectivity index (χ2v) is 5.78. The van der Waals surface area contributed by atoms with Crippen LogP contribution in [0.1, 0.15) is 36.0 Å². The number of nitrogens with zero attached hydrogens (tertiary/aromatic N) is 2. The van der Waals surface area contributed by atoms with Gasteiger partial charge in [0.2, 0.25) is 5.91 Å². The molecule has 0 unspecified atom stereocenters. The summed E-state index contributed by atoms with van der Waals surface area (Å²) in [6.45, 7) is 1.17. The molecule has 7 nitrogen and oxygen atoms in total. The topological polar surface area (TPSA) is 92.6 Å². The second kappa shape index (κ2) is 7.92. The Bertz CT molecular complexity index is 613. The lowest BCUT2D eigenvalue weighted by Gasteiger charge is -2.20. The van der Waals surface area contributed by atoms with E-state index in [2.05, 4.69) is 5.32 Å². The van der Waals surface area contributed by atoms with E-state index in [0.29, 0.717) is 13.1 Å². The van der Waals surface area contributed by atoms with Gasteiger partial charge in [0.05, 0.1) is 16.5 Å². The van der Waals surface area contributed by atoms with Crippen LogP contribution in [0.2, 0.25) is 5.02 Å². The first-order chi connectivity index (χ1) is 11.0. The van der Waals surface area contributed by atoms with E-state index in [1.54, 1.807) is 4.90 Å². The average molecular weight is 340 g/mol. The third-order valence-electron chi connectivity index (χ3n) is 3.77. The number of hydrogen-bond donors (Lipinski definition) is 1. The molecule has 0 aliphatic carbocycles. The fraction of sp³-hybridized carbons (Fsp3) is 0.467. The molecule has 1 fully saturated rings. The number of likely N-dealkylation sites (tertiary alicyclic amines) is 1. The highest BCUT2D eigenvalue weighted by atomic mass is 35.5. The van der Waals surface area contributed by atoms with Crippen molar-refractivity contribution >= 4 is 29.1 Å². The molecule has 0 bridgehead atoms. The van der Waals surface area contributed by atoms with Gasteiger partial charge in [-0.05, 0) is 18.9 Å². The lowest BCUT2D eigenvalue weighted by molar-refractivity contribution is -0.385. The van der Waals surface area contributed by atoms with E-state index in [1.165, 1.54) is 18.2 Å². The Kier molecular flexibility index (Phi) is 5.92. The fourth-order valence-electron chi connectivity index (χ4n) is 2.57. The zero-order valence-corrected chi connectivity index (χ0v) is 13.3. The maximum atomic E-state index is 12.2. The summed E-state index contributed by atoms with van der Waals surface area (Å²) < 4.78 is 0. The number of nitro benzene ring substituents is 1.